The van der Waals surface area contributed by atoms with E-state index >= 15 is 0 Å². The third-order valence-electron chi connectivity index (χ3n) is 5.10. The first-order valence-electron chi connectivity index (χ1n) is 10.9. The molecule has 0 unspecified atom stereocenters. The van der Waals surface area contributed by atoms with Gasteiger partial charge in [0.2, 0.25) is 0 Å². The van der Waals surface area contributed by atoms with Crippen molar-refractivity contribution in [1.82, 2.24) is 4.98 Å². The van der Waals surface area contributed by atoms with E-state index in [1.807, 2.05) is 78.1 Å². The molecule has 0 aliphatic rings. The van der Waals surface area contributed by atoms with Gasteiger partial charge in [0.1, 0.15) is 5.82 Å². The van der Waals surface area contributed by atoms with Crippen molar-refractivity contribution >= 4 is 11.5 Å². The summed E-state index contributed by atoms with van der Waals surface area (Å²) < 4.78 is 14.9. The summed E-state index contributed by atoms with van der Waals surface area (Å²) in [6.07, 6.45) is 3.89. The molecule has 0 atom stereocenters. The van der Waals surface area contributed by atoms with Gasteiger partial charge in [-0.1, -0.05) is 23.8 Å². The minimum absolute atomic E-state index is 0.136. The number of nitrogens with one attached hydrogen (secondary N) is 1. The van der Waals surface area contributed by atoms with Crippen LogP contribution in [0.2, 0.25) is 0 Å². The standard InChI is InChI=1S/C27H31FN4/c1-17(2)11-12-29-22-8-9-23(26(28)15-22)25-14-19(5)24(13-20(25)6)21-7-10-27(30-16-21)32-31-18(3)4/h7-11,13-16,18,29H,12H2,1-6H3. The highest BCUT2D eigenvalue weighted by molar-refractivity contribution is 5.77. The van der Waals surface area contributed by atoms with Crippen molar-refractivity contribution < 1.29 is 4.39 Å². The first kappa shape index (κ1) is 23.3. The molecule has 0 saturated heterocycles. The predicted octanol–water partition coefficient (Wildman–Crippen LogP) is 8.04. The van der Waals surface area contributed by atoms with Gasteiger partial charge in [-0.2, -0.15) is 5.11 Å². The average Bonchev–Trinajstić information content (AvgIpc) is 2.74. The summed E-state index contributed by atoms with van der Waals surface area (Å²) in [5.74, 6) is 0.359. The van der Waals surface area contributed by atoms with E-state index in [1.165, 1.54) is 5.57 Å². The molecule has 0 amide bonds. The Morgan fingerprint density at radius 1 is 1.00 bits per heavy atom. The molecule has 3 rings (SSSR count). The second-order valence-electron chi connectivity index (χ2n) is 8.55. The van der Waals surface area contributed by atoms with Gasteiger partial charge >= 0.3 is 0 Å². The van der Waals surface area contributed by atoms with Gasteiger partial charge in [0.25, 0.3) is 0 Å². The molecule has 1 heterocycles. The van der Waals surface area contributed by atoms with Crippen molar-refractivity contribution in [2.75, 3.05) is 11.9 Å². The number of allylic oxidation sites excluding steroid dienone is 1. The number of aromatic nitrogens is 1. The molecule has 166 valence electrons. The minimum Gasteiger partial charge on any atom is -0.381 e. The van der Waals surface area contributed by atoms with Gasteiger partial charge in [0, 0.05) is 29.6 Å². The molecule has 0 bridgehead atoms. The van der Waals surface area contributed by atoms with Crippen LogP contribution in [0, 0.1) is 19.7 Å². The van der Waals surface area contributed by atoms with Crippen LogP contribution >= 0.6 is 0 Å². The van der Waals surface area contributed by atoms with Crippen LogP contribution in [0.1, 0.15) is 38.8 Å². The number of hydrogen-bond acceptors (Lipinski definition) is 4. The summed E-state index contributed by atoms with van der Waals surface area (Å²) in [5.41, 5.74) is 7.65. The first-order chi connectivity index (χ1) is 15.2. The van der Waals surface area contributed by atoms with Crippen LogP contribution in [-0.2, 0) is 0 Å². The maximum Gasteiger partial charge on any atom is 0.173 e. The molecule has 0 spiro atoms. The quantitative estimate of drug-likeness (QED) is 0.304. The SMILES string of the molecule is CC(C)=CCNc1ccc(-c2cc(C)c(-c3ccc(N=NC(C)C)nc3)cc2C)c(F)c1. The molecule has 5 heteroatoms. The van der Waals surface area contributed by atoms with Gasteiger partial charge in [0.05, 0.1) is 6.04 Å². The van der Waals surface area contributed by atoms with E-state index in [0.29, 0.717) is 17.9 Å². The molecule has 1 aromatic heterocycles. The molecular formula is C27H31FN4. The maximum absolute atomic E-state index is 14.9. The van der Waals surface area contributed by atoms with E-state index in [2.05, 4.69) is 32.7 Å². The van der Waals surface area contributed by atoms with Crippen molar-refractivity contribution in [1.29, 1.82) is 0 Å². The number of pyridine rings is 1. The van der Waals surface area contributed by atoms with Gasteiger partial charge in [-0.25, -0.2) is 9.37 Å². The van der Waals surface area contributed by atoms with Gasteiger partial charge in [-0.05, 0) is 94.1 Å². The minimum atomic E-state index is -0.232. The van der Waals surface area contributed by atoms with E-state index in [4.69, 9.17) is 0 Å². The van der Waals surface area contributed by atoms with Crippen LogP contribution in [0.25, 0.3) is 22.3 Å². The van der Waals surface area contributed by atoms with Crippen molar-refractivity contribution in [3.8, 4) is 22.3 Å². The molecule has 0 aliphatic heterocycles. The second-order valence-corrected chi connectivity index (χ2v) is 8.55. The molecule has 0 radical (unpaired) electrons. The summed E-state index contributed by atoms with van der Waals surface area (Å²) in [7, 11) is 0. The zero-order valence-electron chi connectivity index (χ0n) is 19.7. The lowest BCUT2D eigenvalue weighted by Gasteiger charge is -2.14. The lowest BCUT2D eigenvalue weighted by molar-refractivity contribution is 0.631. The summed E-state index contributed by atoms with van der Waals surface area (Å²) in [5, 5.41) is 11.5. The fourth-order valence-corrected chi connectivity index (χ4v) is 3.41. The summed E-state index contributed by atoms with van der Waals surface area (Å²) >= 11 is 0. The number of rotatable bonds is 7. The Balaban J connectivity index is 1.87. The second kappa shape index (κ2) is 10.3. The Morgan fingerprint density at radius 2 is 1.72 bits per heavy atom. The van der Waals surface area contributed by atoms with Crippen LogP contribution in [0.4, 0.5) is 15.9 Å². The van der Waals surface area contributed by atoms with Gasteiger partial charge < -0.3 is 5.32 Å². The lowest BCUT2D eigenvalue weighted by Crippen LogP contribution is -2.00. The normalized spacial score (nSPS) is 11.2. The van der Waals surface area contributed by atoms with Crippen LogP contribution < -0.4 is 5.32 Å². The van der Waals surface area contributed by atoms with Crippen LogP contribution in [0.15, 0.2) is 70.5 Å². The highest BCUT2D eigenvalue weighted by atomic mass is 19.1. The van der Waals surface area contributed by atoms with Crippen LogP contribution in [0.5, 0.6) is 0 Å². The lowest BCUT2D eigenvalue weighted by atomic mass is 9.92. The topological polar surface area (TPSA) is 49.6 Å². The number of aryl methyl sites for hydroxylation is 2. The molecule has 1 N–H and O–H groups in total. The van der Waals surface area contributed by atoms with E-state index in [9.17, 15) is 4.39 Å². The van der Waals surface area contributed by atoms with Crippen molar-refractivity contribution in [2.45, 2.75) is 47.6 Å². The van der Waals surface area contributed by atoms with E-state index < -0.39 is 0 Å². The van der Waals surface area contributed by atoms with Gasteiger partial charge in [-0.15, -0.1) is 5.11 Å². The molecular weight excluding hydrogens is 399 g/mol. The zero-order valence-corrected chi connectivity index (χ0v) is 19.7. The molecule has 0 fully saturated rings. The Labute approximate surface area is 190 Å². The maximum atomic E-state index is 14.9. The van der Waals surface area contributed by atoms with Crippen molar-refractivity contribution in [3.63, 3.8) is 0 Å². The van der Waals surface area contributed by atoms with Crippen molar-refractivity contribution in [2.24, 2.45) is 10.2 Å². The predicted molar refractivity (Wildman–Crippen MR) is 132 cm³/mol. The van der Waals surface area contributed by atoms with E-state index in [-0.39, 0.29) is 11.9 Å². The number of hydrogen-bond donors (Lipinski definition) is 1. The largest absolute Gasteiger partial charge is 0.381 e. The summed E-state index contributed by atoms with van der Waals surface area (Å²) in [4.78, 5) is 4.41. The highest BCUT2D eigenvalue weighted by Gasteiger charge is 2.13. The molecule has 0 saturated carbocycles. The molecule has 32 heavy (non-hydrogen) atoms. The van der Waals surface area contributed by atoms with Crippen molar-refractivity contribution in [3.05, 3.63) is 77.3 Å². The van der Waals surface area contributed by atoms with E-state index in [1.54, 1.807) is 6.07 Å². The summed E-state index contributed by atoms with van der Waals surface area (Å²) in [6.45, 7) is 12.8. The van der Waals surface area contributed by atoms with Gasteiger partial charge in [-0.3, -0.25) is 0 Å². The number of halogens is 1. The number of benzene rings is 2. The van der Waals surface area contributed by atoms with E-state index in [0.717, 1.165) is 33.5 Å². The monoisotopic (exact) mass is 430 g/mol. The first-order valence-corrected chi connectivity index (χ1v) is 10.9. The third kappa shape index (κ3) is 5.88. The number of azo groups is 1. The zero-order chi connectivity index (χ0) is 23.3. The molecule has 3 aromatic rings. The summed E-state index contributed by atoms with van der Waals surface area (Å²) in [6, 6.07) is 13.5. The average molecular weight is 431 g/mol. The number of nitrogens with zero attached hydrogens (tertiary/aromatic N) is 3. The fraction of sp³-hybridized carbons (Fsp3) is 0.296. The highest BCUT2D eigenvalue weighted by Crippen LogP contribution is 2.34. The third-order valence-corrected chi connectivity index (χ3v) is 5.10. The number of anilines is 1. The Hall–Kier alpha value is -3.34. The van der Waals surface area contributed by atoms with Gasteiger partial charge in [0.15, 0.2) is 5.82 Å². The molecule has 4 nitrogen and oxygen atoms in total. The smallest absolute Gasteiger partial charge is 0.173 e. The van der Waals surface area contributed by atoms with Crippen LogP contribution in [0.3, 0.4) is 0 Å². The molecule has 0 aliphatic carbocycles. The Kier molecular flexibility index (Phi) is 7.52. The Morgan fingerprint density at radius 3 is 2.34 bits per heavy atom. The van der Waals surface area contributed by atoms with Crippen LogP contribution in [-0.4, -0.2) is 17.6 Å². The molecule has 2 aromatic carbocycles. The Bertz CT molecular complexity index is 1140. The fourth-order valence-electron chi connectivity index (χ4n) is 3.41.